The van der Waals surface area contributed by atoms with Crippen LogP contribution in [-0.4, -0.2) is 27.3 Å². The number of hydrogen-bond acceptors (Lipinski definition) is 3. The van der Waals surface area contributed by atoms with Crippen LogP contribution in [0.5, 0.6) is 0 Å². The normalized spacial score (nSPS) is 12.9. The number of halogens is 6. The Kier molecular flexibility index (Phi) is 5.44. The Morgan fingerprint density at radius 2 is 1.70 bits per heavy atom. The number of rotatable bonds is 5. The fourth-order valence-corrected chi connectivity index (χ4v) is 4.84. The zero-order chi connectivity index (χ0) is 15.7. The Labute approximate surface area is 129 Å². The van der Waals surface area contributed by atoms with E-state index in [1.165, 1.54) is 16.9 Å². The molecule has 0 atom stereocenters. The second-order valence-electron chi connectivity index (χ2n) is 3.70. The topological polar surface area (TPSA) is 72.2 Å². The third-order valence-corrected chi connectivity index (χ3v) is 5.38. The molecule has 114 valence electrons. The van der Waals surface area contributed by atoms with Gasteiger partial charge in [-0.15, -0.1) is 0 Å². The summed E-state index contributed by atoms with van der Waals surface area (Å²) in [5.74, 6) is -4.46. The first-order valence-corrected chi connectivity index (χ1v) is 7.94. The number of anilines is 1. The molecule has 0 unspecified atom stereocenters. The van der Waals surface area contributed by atoms with Gasteiger partial charge in [0.15, 0.2) is 0 Å². The fourth-order valence-electron chi connectivity index (χ4n) is 1.18. The molecule has 0 aliphatic carbocycles. The lowest BCUT2D eigenvalue weighted by atomic mass is 10.3. The van der Waals surface area contributed by atoms with Crippen LogP contribution in [0.4, 0.5) is 23.2 Å². The second kappa shape index (κ2) is 6.16. The molecule has 0 saturated carbocycles. The molecule has 0 aliphatic heterocycles. The molecule has 0 bridgehead atoms. The zero-order valence-electron chi connectivity index (χ0n) is 9.51. The van der Waals surface area contributed by atoms with Crippen LogP contribution in [-0.2, 0) is 10.0 Å². The lowest BCUT2D eigenvalue weighted by Crippen LogP contribution is -2.41. The molecule has 1 aromatic carbocycles. The Morgan fingerprint density at radius 1 is 1.25 bits per heavy atom. The fraction of sp³-hybridized carbons (Fsp3) is 0.333. The summed E-state index contributed by atoms with van der Waals surface area (Å²) >= 11 is 5.84. The van der Waals surface area contributed by atoms with Crippen LogP contribution in [0.15, 0.2) is 26.0 Å². The summed E-state index contributed by atoms with van der Waals surface area (Å²) in [7, 11) is -4.42. The Morgan fingerprint density at radius 3 is 2.10 bits per heavy atom. The number of nitrogens with one attached hydrogen (secondary N) is 1. The van der Waals surface area contributed by atoms with Crippen molar-refractivity contribution < 1.29 is 26.0 Å². The van der Waals surface area contributed by atoms with Crippen LogP contribution in [0.2, 0.25) is 0 Å². The van der Waals surface area contributed by atoms with E-state index in [2.05, 4.69) is 31.9 Å². The number of hydrogen-bond donors (Lipinski definition) is 2. The minimum absolute atomic E-state index is 0.0113. The van der Waals surface area contributed by atoms with E-state index >= 15 is 0 Å². The third kappa shape index (κ3) is 4.06. The van der Waals surface area contributed by atoms with Gasteiger partial charge < -0.3 is 5.73 Å². The van der Waals surface area contributed by atoms with Crippen molar-refractivity contribution in [3.05, 3.63) is 21.1 Å². The average Bonchev–Trinajstić information content (AvgIpc) is 2.24. The van der Waals surface area contributed by atoms with Gasteiger partial charge in [-0.1, -0.05) is 0 Å². The van der Waals surface area contributed by atoms with Crippen LogP contribution >= 0.6 is 31.9 Å². The SMILES string of the molecule is Nc1cc(Br)c(S(=O)(=O)NCC(F)(F)C(F)F)c(Br)c1. The maximum absolute atomic E-state index is 12.7. The van der Waals surface area contributed by atoms with Crippen molar-refractivity contribution in [3.63, 3.8) is 0 Å². The van der Waals surface area contributed by atoms with Gasteiger partial charge in [0.2, 0.25) is 10.0 Å². The lowest BCUT2D eigenvalue weighted by Gasteiger charge is -2.17. The van der Waals surface area contributed by atoms with E-state index in [0.717, 1.165) is 0 Å². The first kappa shape index (κ1) is 17.7. The van der Waals surface area contributed by atoms with Crippen molar-refractivity contribution in [2.45, 2.75) is 17.2 Å². The summed E-state index contributed by atoms with van der Waals surface area (Å²) in [4.78, 5) is -0.406. The van der Waals surface area contributed by atoms with Crippen molar-refractivity contribution in [3.8, 4) is 0 Å². The van der Waals surface area contributed by atoms with E-state index in [1.807, 2.05) is 0 Å². The van der Waals surface area contributed by atoms with Gasteiger partial charge in [-0.2, -0.15) is 8.78 Å². The number of alkyl halides is 4. The smallest absolute Gasteiger partial charge is 0.320 e. The van der Waals surface area contributed by atoms with E-state index in [-0.39, 0.29) is 14.6 Å². The lowest BCUT2D eigenvalue weighted by molar-refractivity contribution is -0.122. The Bertz CT molecular complexity index is 587. The predicted molar refractivity (Wildman–Crippen MR) is 72.4 cm³/mol. The number of nitrogen functional groups attached to an aromatic ring is 1. The van der Waals surface area contributed by atoms with Crippen LogP contribution in [0.1, 0.15) is 0 Å². The van der Waals surface area contributed by atoms with Crippen molar-refractivity contribution in [1.82, 2.24) is 4.72 Å². The predicted octanol–water partition coefficient (Wildman–Crippen LogP) is 2.97. The van der Waals surface area contributed by atoms with Crippen molar-refractivity contribution in [1.29, 1.82) is 0 Å². The zero-order valence-corrected chi connectivity index (χ0v) is 13.5. The highest BCUT2D eigenvalue weighted by molar-refractivity contribution is 9.11. The van der Waals surface area contributed by atoms with E-state index < -0.39 is 33.8 Å². The highest BCUT2D eigenvalue weighted by Crippen LogP contribution is 2.32. The number of sulfonamides is 1. The van der Waals surface area contributed by atoms with E-state index in [0.29, 0.717) is 0 Å². The van der Waals surface area contributed by atoms with Crippen molar-refractivity contribution in [2.75, 3.05) is 12.3 Å². The molecule has 0 heterocycles. The second-order valence-corrected chi connectivity index (χ2v) is 7.11. The van der Waals surface area contributed by atoms with Crippen LogP contribution < -0.4 is 10.5 Å². The molecular formula is C9H8Br2F4N2O2S. The number of nitrogens with two attached hydrogens (primary N) is 1. The van der Waals surface area contributed by atoms with Gasteiger partial charge in [-0.05, 0) is 44.0 Å². The average molecular weight is 444 g/mol. The third-order valence-electron chi connectivity index (χ3n) is 2.11. The molecule has 3 N–H and O–H groups in total. The molecule has 11 heteroatoms. The minimum Gasteiger partial charge on any atom is -0.399 e. The highest BCUT2D eigenvalue weighted by Gasteiger charge is 2.42. The Balaban J connectivity index is 3.08. The van der Waals surface area contributed by atoms with Gasteiger partial charge in [0.05, 0.1) is 6.54 Å². The molecule has 0 spiro atoms. The van der Waals surface area contributed by atoms with Gasteiger partial charge in [-0.3, -0.25) is 0 Å². The van der Waals surface area contributed by atoms with Gasteiger partial charge in [-0.25, -0.2) is 21.9 Å². The summed E-state index contributed by atoms with van der Waals surface area (Å²) in [6.45, 7) is -1.71. The monoisotopic (exact) mass is 442 g/mol. The molecule has 0 radical (unpaired) electrons. The van der Waals surface area contributed by atoms with Crippen molar-refractivity contribution >= 4 is 47.6 Å². The van der Waals surface area contributed by atoms with Crippen LogP contribution in [0.25, 0.3) is 0 Å². The van der Waals surface area contributed by atoms with Crippen LogP contribution in [0.3, 0.4) is 0 Å². The molecule has 0 saturated heterocycles. The van der Waals surface area contributed by atoms with Gasteiger partial charge in [0.1, 0.15) is 4.90 Å². The molecule has 0 aliphatic rings. The minimum atomic E-state index is -4.46. The maximum atomic E-state index is 12.7. The van der Waals surface area contributed by atoms with E-state index in [4.69, 9.17) is 5.73 Å². The summed E-state index contributed by atoms with van der Waals surface area (Å²) in [5.41, 5.74) is 5.68. The van der Waals surface area contributed by atoms with Gasteiger partial charge in [0, 0.05) is 14.6 Å². The molecular weight excluding hydrogens is 436 g/mol. The largest absolute Gasteiger partial charge is 0.399 e. The molecule has 0 fully saturated rings. The first-order chi connectivity index (χ1) is 8.97. The maximum Gasteiger partial charge on any atom is 0.320 e. The van der Waals surface area contributed by atoms with E-state index in [1.54, 1.807) is 0 Å². The van der Waals surface area contributed by atoms with Crippen LogP contribution in [0, 0.1) is 0 Å². The standard InChI is InChI=1S/C9H8Br2F4N2O2S/c10-5-1-4(16)2-6(11)7(5)20(18,19)17-3-9(14,15)8(12)13/h1-2,8,17H,3,16H2. The Hall–Kier alpha value is -0.390. The van der Waals surface area contributed by atoms with Gasteiger partial charge in [0.25, 0.3) is 0 Å². The highest BCUT2D eigenvalue weighted by atomic mass is 79.9. The quantitative estimate of drug-likeness (QED) is 0.542. The summed E-state index contributed by atoms with van der Waals surface area (Å²) in [5, 5.41) is 0. The first-order valence-electron chi connectivity index (χ1n) is 4.87. The summed E-state index contributed by atoms with van der Waals surface area (Å²) < 4.78 is 74.6. The number of benzene rings is 1. The summed E-state index contributed by atoms with van der Waals surface area (Å²) in [6.07, 6.45) is -3.97. The molecule has 0 aromatic heterocycles. The molecule has 1 rings (SSSR count). The summed E-state index contributed by atoms with van der Waals surface area (Å²) in [6, 6.07) is 2.48. The molecule has 20 heavy (non-hydrogen) atoms. The van der Waals surface area contributed by atoms with E-state index in [9.17, 15) is 26.0 Å². The molecule has 4 nitrogen and oxygen atoms in total. The molecule has 1 aromatic rings. The molecule has 0 amide bonds. The van der Waals surface area contributed by atoms with Crippen molar-refractivity contribution in [2.24, 2.45) is 0 Å². The van der Waals surface area contributed by atoms with Gasteiger partial charge >= 0.3 is 12.3 Å².